The first kappa shape index (κ1) is 24.7. The zero-order valence-corrected chi connectivity index (χ0v) is 22.7. The van der Waals surface area contributed by atoms with Gasteiger partial charge in [-0.25, -0.2) is 5.01 Å². The number of anilines is 2. The summed E-state index contributed by atoms with van der Waals surface area (Å²) < 4.78 is 12.1. The number of carbonyl (C=O) groups excluding carboxylic acids is 1. The molecule has 2 unspecified atom stereocenters. The molecule has 1 aliphatic heterocycles. The number of amides is 1. The Balaban J connectivity index is 1.18. The number of nitrogens with one attached hydrogen (secondary N) is 1. The molecule has 38 heavy (non-hydrogen) atoms. The number of hydrazone groups is 1. The fraction of sp³-hybridized carbons (Fsp3) is 0.286. The van der Waals surface area contributed by atoms with Crippen molar-refractivity contribution >= 4 is 51.6 Å². The number of furan rings is 2. The van der Waals surface area contributed by atoms with E-state index < -0.39 is 0 Å². The van der Waals surface area contributed by atoms with Crippen molar-refractivity contribution < 1.29 is 13.6 Å². The molecule has 1 amide bonds. The largest absolute Gasteiger partial charge is 0.467 e. The lowest BCUT2D eigenvalue weighted by Gasteiger charge is -2.27. The first-order valence-electron chi connectivity index (χ1n) is 12.5. The number of aryl methyl sites for hydroxylation is 2. The number of hydrogen-bond donors (Lipinski definition) is 1. The topological polar surface area (TPSA) is 96.8 Å². The number of thioether (sulfide) groups is 1. The highest BCUT2D eigenvalue weighted by Crippen LogP contribution is 2.45. The molecular formula is C28H27N5O3S2. The fourth-order valence-electron chi connectivity index (χ4n) is 4.94. The summed E-state index contributed by atoms with van der Waals surface area (Å²) in [7, 11) is 0. The average molecular weight is 546 g/mol. The van der Waals surface area contributed by atoms with E-state index in [1.165, 1.54) is 34.2 Å². The normalized spacial score (nSPS) is 20.0. The van der Waals surface area contributed by atoms with Crippen LogP contribution < -0.4 is 5.32 Å². The Labute approximate surface area is 228 Å². The van der Waals surface area contributed by atoms with E-state index in [1.807, 2.05) is 36.4 Å². The highest BCUT2D eigenvalue weighted by atomic mass is 32.2. The lowest BCUT2D eigenvalue weighted by atomic mass is 9.79. The number of hydrogen-bond acceptors (Lipinski definition) is 9. The molecule has 4 aromatic rings. The zero-order chi connectivity index (χ0) is 26.1. The molecule has 1 saturated carbocycles. The lowest BCUT2D eigenvalue weighted by Crippen LogP contribution is -2.32. The Morgan fingerprint density at radius 2 is 2.03 bits per heavy atom. The molecule has 0 bridgehead atoms. The Morgan fingerprint density at radius 3 is 2.82 bits per heavy atom. The van der Waals surface area contributed by atoms with Crippen LogP contribution >= 0.6 is 23.1 Å². The van der Waals surface area contributed by atoms with E-state index in [0.717, 1.165) is 52.1 Å². The van der Waals surface area contributed by atoms with E-state index in [0.29, 0.717) is 5.13 Å². The van der Waals surface area contributed by atoms with Gasteiger partial charge in [-0.1, -0.05) is 29.2 Å². The molecule has 0 saturated heterocycles. The van der Waals surface area contributed by atoms with Crippen LogP contribution in [0.1, 0.15) is 48.0 Å². The maximum atomic E-state index is 13.5. The van der Waals surface area contributed by atoms with Crippen molar-refractivity contribution in [2.75, 3.05) is 11.1 Å². The van der Waals surface area contributed by atoms with Gasteiger partial charge in [-0.15, -0.1) is 10.2 Å². The first-order valence-corrected chi connectivity index (χ1v) is 14.3. The smallest absolute Gasteiger partial charge is 0.253 e. The van der Waals surface area contributed by atoms with Gasteiger partial charge in [-0.05, 0) is 92.3 Å². The van der Waals surface area contributed by atoms with Gasteiger partial charge >= 0.3 is 0 Å². The monoisotopic (exact) mass is 545 g/mol. The Bertz CT molecular complexity index is 1490. The van der Waals surface area contributed by atoms with Gasteiger partial charge in [0.15, 0.2) is 4.34 Å². The lowest BCUT2D eigenvalue weighted by molar-refractivity contribution is -0.131. The molecule has 6 rings (SSSR count). The molecule has 1 N–H and O–H groups in total. The van der Waals surface area contributed by atoms with E-state index >= 15 is 0 Å². The quantitative estimate of drug-likeness (QED) is 0.250. The number of benzene rings is 1. The molecule has 2 aliphatic rings. The predicted molar refractivity (Wildman–Crippen MR) is 150 cm³/mol. The van der Waals surface area contributed by atoms with Gasteiger partial charge in [0.05, 0.1) is 24.0 Å². The first-order chi connectivity index (χ1) is 18.5. The molecule has 1 aliphatic carbocycles. The van der Waals surface area contributed by atoms with Crippen molar-refractivity contribution in [1.29, 1.82) is 0 Å². The molecule has 0 spiro atoms. The SMILES string of the molecule is Cc1ccc(Nc2nnc(SCC(=O)N3N=C4C(=Cc5ccco5)CCCC4C3c3ccco3)s2)cc1C. The Hall–Kier alpha value is -3.63. The second-order valence-corrected chi connectivity index (χ2v) is 11.7. The van der Waals surface area contributed by atoms with Crippen LogP contribution in [-0.2, 0) is 4.79 Å². The number of allylic oxidation sites excluding steroid dienone is 1. The van der Waals surface area contributed by atoms with Crippen molar-refractivity contribution in [2.24, 2.45) is 11.0 Å². The summed E-state index contributed by atoms with van der Waals surface area (Å²) >= 11 is 2.80. The molecule has 4 heterocycles. The van der Waals surface area contributed by atoms with Crippen LogP contribution in [0.3, 0.4) is 0 Å². The van der Waals surface area contributed by atoms with Gasteiger partial charge in [0.2, 0.25) is 5.13 Å². The van der Waals surface area contributed by atoms with Crippen LogP contribution in [0.2, 0.25) is 0 Å². The van der Waals surface area contributed by atoms with Gasteiger partial charge in [-0.3, -0.25) is 4.79 Å². The minimum absolute atomic E-state index is 0.0837. The molecule has 194 valence electrons. The van der Waals surface area contributed by atoms with Crippen LogP contribution in [0.15, 0.2) is 78.8 Å². The molecule has 2 atom stereocenters. The third-order valence-corrected chi connectivity index (χ3v) is 8.89. The van der Waals surface area contributed by atoms with Crippen molar-refractivity contribution in [2.45, 2.75) is 43.5 Å². The van der Waals surface area contributed by atoms with Crippen molar-refractivity contribution in [1.82, 2.24) is 15.2 Å². The minimum Gasteiger partial charge on any atom is -0.467 e. The third kappa shape index (κ3) is 5.06. The Morgan fingerprint density at radius 1 is 1.16 bits per heavy atom. The van der Waals surface area contributed by atoms with Crippen LogP contribution in [0.4, 0.5) is 10.8 Å². The second-order valence-electron chi connectivity index (χ2n) is 9.45. The third-order valence-electron chi connectivity index (χ3n) is 6.94. The van der Waals surface area contributed by atoms with E-state index in [4.69, 9.17) is 13.9 Å². The van der Waals surface area contributed by atoms with Crippen LogP contribution in [0.25, 0.3) is 6.08 Å². The highest BCUT2D eigenvalue weighted by Gasteiger charge is 2.45. The van der Waals surface area contributed by atoms with Gasteiger partial charge in [0.25, 0.3) is 5.91 Å². The minimum atomic E-state index is -0.259. The van der Waals surface area contributed by atoms with Gasteiger partial charge < -0.3 is 14.2 Å². The number of rotatable bonds is 7. The number of nitrogens with zero attached hydrogens (tertiary/aromatic N) is 4. The van der Waals surface area contributed by atoms with E-state index in [-0.39, 0.29) is 23.6 Å². The molecule has 1 aromatic carbocycles. The Kier molecular flexibility index (Phi) is 6.90. The average Bonchev–Trinajstić information content (AvgIpc) is 3.72. The van der Waals surface area contributed by atoms with E-state index in [1.54, 1.807) is 17.5 Å². The summed E-state index contributed by atoms with van der Waals surface area (Å²) in [6.07, 6.45) is 8.22. The summed E-state index contributed by atoms with van der Waals surface area (Å²) in [5, 5.41) is 19.0. The summed E-state index contributed by atoms with van der Waals surface area (Å²) in [4.78, 5) is 13.5. The standard InChI is InChI=1S/C28H27N5O3S2/c1-17-10-11-20(14-18(17)2)29-27-30-31-28(38-27)37-16-24(34)33-26(23-9-5-13-36-23)22-8-3-6-19(25(22)32-33)15-21-7-4-12-35-21/h4-5,7,9-15,22,26H,3,6,8,16H2,1-2H3,(H,29,30). The predicted octanol–water partition coefficient (Wildman–Crippen LogP) is 7.00. The number of aromatic nitrogens is 2. The number of fused-ring (bicyclic) bond motifs is 1. The molecule has 0 radical (unpaired) electrons. The summed E-state index contributed by atoms with van der Waals surface area (Å²) in [6, 6.07) is 13.5. The van der Waals surface area contributed by atoms with E-state index in [9.17, 15) is 4.79 Å². The highest BCUT2D eigenvalue weighted by molar-refractivity contribution is 8.01. The maximum Gasteiger partial charge on any atom is 0.253 e. The van der Waals surface area contributed by atoms with Gasteiger partial charge in [-0.2, -0.15) is 5.10 Å². The summed E-state index contributed by atoms with van der Waals surface area (Å²) in [5.74, 6) is 1.74. The van der Waals surface area contributed by atoms with Crippen molar-refractivity contribution in [3.05, 3.63) is 83.2 Å². The van der Waals surface area contributed by atoms with Crippen LogP contribution in [0.5, 0.6) is 0 Å². The van der Waals surface area contributed by atoms with Crippen LogP contribution in [0, 0.1) is 19.8 Å². The van der Waals surface area contributed by atoms with Gasteiger partial charge in [0.1, 0.15) is 17.6 Å². The number of carbonyl (C=O) groups is 1. The van der Waals surface area contributed by atoms with E-state index in [2.05, 4.69) is 41.5 Å². The molecule has 3 aromatic heterocycles. The summed E-state index contributed by atoms with van der Waals surface area (Å²) in [5.41, 5.74) is 5.47. The molecular weight excluding hydrogens is 518 g/mol. The van der Waals surface area contributed by atoms with Gasteiger partial charge in [0, 0.05) is 11.6 Å². The second kappa shape index (κ2) is 10.6. The van der Waals surface area contributed by atoms with Crippen LogP contribution in [-0.4, -0.2) is 32.6 Å². The van der Waals surface area contributed by atoms with Crippen molar-refractivity contribution in [3.63, 3.8) is 0 Å². The maximum absolute atomic E-state index is 13.5. The summed E-state index contributed by atoms with van der Waals surface area (Å²) in [6.45, 7) is 4.17. The zero-order valence-electron chi connectivity index (χ0n) is 21.1. The molecule has 10 heteroatoms. The molecule has 1 fully saturated rings. The van der Waals surface area contributed by atoms with Crippen molar-refractivity contribution in [3.8, 4) is 0 Å². The fourth-order valence-corrected chi connectivity index (χ4v) is 6.57. The molecule has 8 nitrogen and oxygen atoms in total.